The molecule has 1 heterocycles. The lowest BCUT2D eigenvalue weighted by Gasteiger charge is -2.38. The van der Waals surface area contributed by atoms with Gasteiger partial charge in [-0.2, -0.15) is 0 Å². The SMILES string of the molecule is COCCN(CCOC)CC1(C)CCNCC1. The maximum absolute atomic E-state index is 5.18. The van der Waals surface area contributed by atoms with E-state index in [1.807, 2.05) is 0 Å². The van der Waals surface area contributed by atoms with Gasteiger partial charge in [0.15, 0.2) is 0 Å². The highest BCUT2D eigenvalue weighted by molar-refractivity contribution is 4.83. The molecule has 0 aromatic rings. The van der Waals surface area contributed by atoms with Gasteiger partial charge in [0, 0.05) is 33.9 Å². The smallest absolute Gasteiger partial charge is 0.0589 e. The topological polar surface area (TPSA) is 33.7 Å². The fourth-order valence-corrected chi connectivity index (χ4v) is 2.44. The lowest BCUT2D eigenvalue weighted by Crippen LogP contribution is -2.44. The Kier molecular flexibility index (Phi) is 7.04. The molecule has 1 N–H and O–H groups in total. The van der Waals surface area contributed by atoms with Gasteiger partial charge in [0.25, 0.3) is 0 Å². The van der Waals surface area contributed by atoms with E-state index in [4.69, 9.17) is 9.47 Å². The van der Waals surface area contributed by atoms with Crippen LogP contribution in [0.1, 0.15) is 19.8 Å². The van der Waals surface area contributed by atoms with E-state index in [1.165, 1.54) is 12.8 Å². The number of methoxy groups -OCH3 is 2. The molecule has 0 aromatic heterocycles. The summed E-state index contributed by atoms with van der Waals surface area (Å²) < 4.78 is 10.4. The molecule has 0 unspecified atom stereocenters. The summed E-state index contributed by atoms with van der Waals surface area (Å²) >= 11 is 0. The average molecular weight is 244 g/mol. The quantitative estimate of drug-likeness (QED) is 0.690. The van der Waals surface area contributed by atoms with Crippen LogP contribution in [0.15, 0.2) is 0 Å². The predicted molar refractivity (Wildman–Crippen MR) is 70.4 cm³/mol. The normalized spacial score (nSPS) is 19.8. The lowest BCUT2D eigenvalue weighted by atomic mass is 9.80. The zero-order valence-corrected chi connectivity index (χ0v) is 11.6. The van der Waals surface area contributed by atoms with E-state index in [-0.39, 0.29) is 0 Å². The fourth-order valence-electron chi connectivity index (χ4n) is 2.44. The summed E-state index contributed by atoms with van der Waals surface area (Å²) in [5, 5.41) is 3.43. The molecule has 17 heavy (non-hydrogen) atoms. The van der Waals surface area contributed by atoms with Crippen molar-refractivity contribution in [2.75, 3.05) is 60.2 Å². The molecule has 0 atom stereocenters. The Labute approximate surface area is 106 Å². The molecule has 1 aliphatic rings. The number of rotatable bonds is 8. The van der Waals surface area contributed by atoms with Crippen molar-refractivity contribution in [3.8, 4) is 0 Å². The molecule has 1 saturated heterocycles. The minimum atomic E-state index is 0.451. The molecule has 0 radical (unpaired) electrons. The molecule has 0 bridgehead atoms. The molecular weight excluding hydrogens is 216 g/mol. The number of nitrogens with zero attached hydrogens (tertiary/aromatic N) is 1. The van der Waals surface area contributed by atoms with Gasteiger partial charge in [-0.3, -0.25) is 4.90 Å². The molecule has 0 spiro atoms. The van der Waals surface area contributed by atoms with E-state index in [1.54, 1.807) is 14.2 Å². The van der Waals surface area contributed by atoms with Crippen LogP contribution in [0.4, 0.5) is 0 Å². The summed E-state index contributed by atoms with van der Waals surface area (Å²) in [4.78, 5) is 2.47. The number of hydrogen-bond donors (Lipinski definition) is 1. The third-order valence-electron chi connectivity index (χ3n) is 3.64. The first kappa shape index (κ1) is 14.9. The van der Waals surface area contributed by atoms with Crippen LogP contribution >= 0.6 is 0 Å². The van der Waals surface area contributed by atoms with Crippen LogP contribution in [0.3, 0.4) is 0 Å². The maximum Gasteiger partial charge on any atom is 0.0589 e. The van der Waals surface area contributed by atoms with Gasteiger partial charge in [-0.15, -0.1) is 0 Å². The van der Waals surface area contributed by atoms with Gasteiger partial charge in [0.05, 0.1) is 13.2 Å². The van der Waals surface area contributed by atoms with Crippen molar-refractivity contribution < 1.29 is 9.47 Å². The van der Waals surface area contributed by atoms with E-state index in [0.29, 0.717) is 5.41 Å². The first-order valence-electron chi connectivity index (χ1n) is 6.61. The van der Waals surface area contributed by atoms with Crippen LogP contribution in [-0.4, -0.2) is 65.1 Å². The molecule has 0 saturated carbocycles. The van der Waals surface area contributed by atoms with Gasteiger partial charge in [0.2, 0.25) is 0 Å². The van der Waals surface area contributed by atoms with Gasteiger partial charge in [-0.05, 0) is 31.3 Å². The number of hydrogen-bond acceptors (Lipinski definition) is 4. The van der Waals surface area contributed by atoms with Gasteiger partial charge in [-0.25, -0.2) is 0 Å². The second-order valence-corrected chi connectivity index (χ2v) is 5.32. The van der Waals surface area contributed by atoms with Crippen molar-refractivity contribution in [2.45, 2.75) is 19.8 Å². The van der Waals surface area contributed by atoms with Gasteiger partial charge >= 0.3 is 0 Å². The number of nitrogens with one attached hydrogen (secondary N) is 1. The predicted octanol–water partition coefficient (Wildman–Crippen LogP) is 0.971. The summed E-state index contributed by atoms with van der Waals surface area (Å²) in [6.07, 6.45) is 2.53. The Bertz CT molecular complexity index is 186. The van der Waals surface area contributed by atoms with Gasteiger partial charge in [-0.1, -0.05) is 6.92 Å². The van der Waals surface area contributed by atoms with Crippen molar-refractivity contribution in [1.29, 1.82) is 0 Å². The standard InChI is InChI=1S/C13H28N2O2/c1-13(4-6-14-7-5-13)12-15(8-10-16-2)9-11-17-3/h14H,4-12H2,1-3H3. The Morgan fingerprint density at radius 1 is 1.06 bits per heavy atom. The summed E-state index contributed by atoms with van der Waals surface area (Å²) in [5.41, 5.74) is 0.451. The summed E-state index contributed by atoms with van der Waals surface area (Å²) in [6.45, 7) is 9.47. The Balaban J connectivity index is 2.38. The maximum atomic E-state index is 5.18. The molecule has 0 amide bonds. The van der Waals surface area contributed by atoms with Crippen LogP contribution in [0.25, 0.3) is 0 Å². The number of piperidine rings is 1. The third-order valence-corrected chi connectivity index (χ3v) is 3.64. The molecule has 4 heteroatoms. The third kappa shape index (κ3) is 5.82. The van der Waals surface area contributed by atoms with Crippen LogP contribution in [-0.2, 0) is 9.47 Å². The Morgan fingerprint density at radius 2 is 1.59 bits per heavy atom. The second kappa shape index (κ2) is 8.03. The molecule has 0 aromatic carbocycles. The largest absolute Gasteiger partial charge is 0.383 e. The molecule has 1 rings (SSSR count). The monoisotopic (exact) mass is 244 g/mol. The van der Waals surface area contributed by atoms with E-state index >= 15 is 0 Å². The molecule has 4 nitrogen and oxygen atoms in total. The summed E-state index contributed by atoms with van der Waals surface area (Å²) in [5.74, 6) is 0. The molecule has 1 aliphatic heterocycles. The van der Waals surface area contributed by atoms with Crippen LogP contribution in [0.5, 0.6) is 0 Å². The first-order valence-corrected chi connectivity index (χ1v) is 6.61. The van der Waals surface area contributed by atoms with Crippen LogP contribution in [0.2, 0.25) is 0 Å². The zero-order valence-electron chi connectivity index (χ0n) is 11.6. The van der Waals surface area contributed by atoms with Crippen molar-refractivity contribution >= 4 is 0 Å². The Morgan fingerprint density at radius 3 is 2.06 bits per heavy atom. The highest BCUT2D eigenvalue weighted by atomic mass is 16.5. The Hall–Kier alpha value is -0.160. The van der Waals surface area contributed by atoms with Crippen molar-refractivity contribution in [2.24, 2.45) is 5.41 Å². The molecule has 1 fully saturated rings. The molecular formula is C13H28N2O2. The van der Waals surface area contributed by atoms with E-state index < -0.39 is 0 Å². The highest BCUT2D eigenvalue weighted by Crippen LogP contribution is 2.28. The summed E-state index contributed by atoms with van der Waals surface area (Å²) in [6, 6.07) is 0. The minimum Gasteiger partial charge on any atom is -0.383 e. The fraction of sp³-hybridized carbons (Fsp3) is 1.00. The average Bonchev–Trinajstić information content (AvgIpc) is 2.33. The van der Waals surface area contributed by atoms with Crippen molar-refractivity contribution in [3.63, 3.8) is 0 Å². The summed E-state index contributed by atoms with van der Waals surface area (Å²) in [7, 11) is 3.53. The number of ether oxygens (including phenoxy) is 2. The van der Waals surface area contributed by atoms with E-state index in [9.17, 15) is 0 Å². The van der Waals surface area contributed by atoms with Crippen LogP contribution in [0, 0.1) is 5.41 Å². The van der Waals surface area contributed by atoms with Crippen molar-refractivity contribution in [1.82, 2.24) is 10.2 Å². The molecule has 102 valence electrons. The van der Waals surface area contributed by atoms with E-state index in [0.717, 1.165) is 45.9 Å². The first-order chi connectivity index (χ1) is 8.20. The highest BCUT2D eigenvalue weighted by Gasteiger charge is 2.28. The van der Waals surface area contributed by atoms with Crippen LogP contribution < -0.4 is 5.32 Å². The van der Waals surface area contributed by atoms with E-state index in [2.05, 4.69) is 17.1 Å². The van der Waals surface area contributed by atoms with Gasteiger partial charge < -0.3 is 14.8 Å². The minimum absolute atomic E-state index is 0.451. The van der Waals surface area contributed by atoms with Gasteiger partial charge in [0.1, 0.15) is 0 Å². The molecule has 0 aliphatic carbocycles. The second-order valence-electron chi connectivity index (χ2n) is 5.32. The lowest BCUT2D eigenvalue weighted by molar-refractivity contribution is 0.0722. The zero-order chi connectivity index (χ0) is 12.6. The van der Waals surface area contributed by atoms with Crippen molar-refractivity contribution in [3.05, 3.63) is 0 Å².